The van der Waals surface area contributed by atoms with Gasteiger partial charge in [-0.1, -0.05) is 46.3 Å². The van der Waals surface area contributed by atoms with E-state index in [0.717, 1.165) is 10.0 Å². The number of hydrogen-bond acceptors (Lipinski definition) is 4. The second kappa shape index (κ2) is 6.59. The van der Waals surface area contributed by atoms with Crippen molar-refractivity contribution >= 4 is 25.8 Å². The third kappa shape index (κ3) is 2.81. The number of ether oxygens (including phenoxy) is 1. The van der Waals surface area contributed by atoms with E-state index in [1.807, 2.05) is 30.3 Å². The Hall–Kier alpha value is -1.21. The Morgan fingerprint density at radius 2 is 1.75 bits per heavy atom. The van der Waals surface area contributed by atoms with Crippen molar-refractivity contribution in [2.45, 2.75) is 16.1 Å². The standard InChI is InChI=1S/C18H20BrNO3S/c1-23-12-18(11-20)16(13-7-9-14(19)10-8-13)17(18)24(21,22)15-5-3-2-4-6-15/h2-10,16-17H,11-12,20H2,1H3/t16-,17-,18-/m1/s1. The van der Waals surface area contributed by atoms with E-state index in [1.165, 1.54) is 0 Å². The van der Waals surface area contributed by atoms with Gasteiger partial charge < -0.3 is 10.5 Å². The number of halogens is 1. The normalized spacial score (nSPS) is 26.3. The number of rotatable bonds is 6. The molecule has 2 aromatic carbocycles. The molecule has 128 valence electrons. The van der Waals surface area contributed by atoms with Gasteiger partial charge in [0.2, 0.25) is 0 Å². The molecule has 2 N–H and O–H groups in total. The monoisotopic (exact) mass is 409 g/mol. The van der Waals surface area contributed by atoms with Crippen molar-refractivity contribution in [3.05, 3.63) is 64.6 Å². The predicted octanol–water partition coefficient (Wildman–Crippen LogP) is 2.98. The number of hydrogen-bond donors (Lipinski definition) is 1. The van der Waals surface area contributed by atoms with Crippen LogP contribution in [-0.2, 0) is 14.6 Å². The Bertz CT molecular complexity index is 808. The van der Waals surface area contributed by atoms with E-state index in [-0.39, 0.29) is 12.5 Å². The van der Waals surface area contributed by atoms with Crippen molar-refractivity contribution in [2.75, 3.05) is 20.3 Å². The van der Waals surface area contributed by atoms with Gasteiger partial charge >= 0.3 is 0 Å². The highest BCUT2D eigenvalue weighted by Gasteiger charge is 2.70. The fourth-order valence-electron chi connectivity index (χ4n) is 3.62. The minimum atomic E-state index is -3.49. The summed E-state index contributed by atoms with van der Waals surface area (Å²) < 4.78 is 32.6. The molecule has 1 aliphatic carbocycles. The summed E-state index contributed by atoms with van der Waals surface area (Å²) >= 11 is 3.42. The second-order valence-corrected chi connectivity index (χ2v) is 9.16. The number of sulfone groups is 1. The molecule has 0 spiro atoms. The molecule has 0 saturated heterocycles. The SMILES string of the molecule is COC[C@]1(CN)[C@H](c2ccc(Br)cc2)[C@H]1S(=O)(=O)c1ccccc1. The predicted molar refractivity (Wildman–Crippen MR) is 97.7 cm³/mol. The highest BCUT2D eigenvalue weighted by Crippen LogP contribution is 2.63. The zero-order valence-corrected chi connectivity index (χ0v) is 15.8. The molecule has 0 unspecified atom stereocenters. The van der Waals surface area contributed by atoms with E-state index in [1.54, 1.807) is 31.4 Å². The third-order valence-corrected chi connectivity index (χ3v) is 7.68. The van der Waals surface area contributed by atoms with Crippen LogP contribution in [0.5, 0.6) is 0 Å². The van der Waals surface area contributed by atoms with Gasteiger partial charge in [0, 0.05) is 29.5 Å². The van der Waals surface area contributed by atoms with Crippen LogP contribution in [0.4, 0.5) is 0 Å². The maximum Gasteiger partial charge on any atom is 0.182 e. The van der Waals surface area contributed by atoms with Crippen LogP contribution in [0.15, 0.2) is 64.0 Å². The minimum Gasteiger partial charge on any atom is -0.384 e. The van der Waals surface area contributed by atoms with Gasteiger partial charge in [0.15, 0.2) is 9.84 Å². The molecular formula is C18H20BrNO3S. The van der Waals surface area contributed by atoms with Gasteiger partial charge in [-0.3, -0.25) is 0 Å². The van der Waals surface area contributed by atoms with Gasteiger partial charge in [-0.25, -0.2) is 8.42 Å². The van der Waals surface area contributed by atoms with E-state index < -0.39 is 20.5 Å². The van der Waals surface area contributed by atoms with Gasteiger partial charge in [0.05, 0.1) is 16.8 Å². The van der Waals surface area contributed by atoms with Crippen molar-refractivity contribution in [3.63, 3.8) is 0 Å². The quantitative estimate of drug-likeness (QED) is 0.795. The molecule has 0 aliphatic heterocycles. The van der Waals surface area contributed by atoms with E-state index >= 15 is 0 Å². The van der Waals surface area contributed by atoms with Crippen molar-refractivity contribution in [1.82, 2.24) is 0 Å². The summed E-state index contributed by atoms with van der Waals surface area (Å²) in [6.07, 6.45) is 0. The van der Waals surface area contributed by atoms with E-state index in [0.29, 0.717) is 11.5 Å². The molecule has 2 aromatic rings. The zero-order valence-electron chi connectivity index (χ0n) is 13.4. The summed E-state index contributed by atoms with van der Waals surface area (Å²) in [5, 5.41) is -0.571. The van der Waals surface area contributed by atoms with E-state index in [9.17, 15) is 8.42 Å². The summed E-state index contributed by atoms with van der Waals surface area (Å²) in [6, 6.07) is 16.3. The lowest BCUT2D eigenvalue weighted by molar-refractivity contribution is 0.142. The third-order valence-electron chi connectivity index (χ3n) is 4.81. The molecule has 0 aromatic heterocycles. The Morgan fingerprint density at radius 3 is 2.29 bits per heavy atom. The molecule has 4 nitrogen and oxygen atoms in total. The molecular weight excluding hydrogens is 390 g/mol. The molecule has 3 rings (SSSR count). The van der Waals surface area contributed by atoms with Crippen LogP contribution in [0.1, 0.15) is 11.5 Å². The number of methoxy groups -OCH3 is 1. The maximum absolute atomic E-state index is 13.2. The lowest BCUT2D eigenvalue weighted by atomic mass is 10.0. The van der Waals surface area contributed by atoms with Crippen LogP contribution in [0.2, 0.25) is 0 Å². The van der Waals surface area contributed by atoms with Crippen LogP contribution in [0.25, 0.3) is 0 Å². The molecule has 6 heteroatoms. The topological polar surface area (TPSA) is 69.4 Å². The Kier molecular flexibility index (Phi) is 4.84. The second-order valence-electron chi connectivity index (χ2n) is 6.18. The number of nitrogens with two attached hydrogens (primary N) is 1. The van der Waals surface area contributed by atoms with E-state index in [4.69, 9.17) is 10.5 Å². The molecule has 0 bridgehead atoms. The summed E-state index contributed by atoms with van der Waals surface area (Å²) in [6.45, 7) is 0.583. The molecule has 1 saturated carbocycles. The van der Waals surface area contributed by atoms with Crippen LogP contribution in [0.3, 0.4) is 0 Å². The van der Waals surface area contributed by atoms with Crippen LogP contribution in [0, 0.1) is 5.41 Å². The highest BCUT2D eigenvalue weighted by atomic mass is 79.9. The average Bonchev–Trinajstić information content (AvgIpc) is 3.26. The fraction of sp³-hybridized carbons (Fsp3) is 0.333. The van der Waals surface area contributed by atoms with Crippen molar-refractivity contribution in [1.29, 1.82) is 0 Å². The maximum atomic E-state index is 13.2. The summed E-state index contributed by atoms with van der Waals surface area (Å²) in [7, 11) is -1.90. The molecule has 0 radical (unpaired) electrons. The van der Waals surface area contributed by atoms with Gasteiger partial charge in [0.1, 0.15) is 0 Å². The van der Waals surface area contributed by atoms with Crippen LogP contribution >= 0.6 is 15.9 Å². The Morgan fingerprint density at radius 1 is 1.12 bits per heavy atom. The van der Waals surface area contributed by atoms with Crippen molar-refractivity contribution in [3.8, 4) is 0 Å². The first-order chi connectivity index (χ1) is 11.5. The lowest BCUT2D eigenvalue weighted by Gasteiger charge is -2.15. The Balaban J connectivity index is 2.05. The average molecular weight is 410 g/mol. The first-order valence-corrected chi connectivity index (χ1v) is 10.0. The zero-order chi connectivity index (χ0) is 17.4. The molecule has 24 heavy (non-hydrogen) atoms. The van der Waals surface area contributed by atoms with Gasteiger partial charge in [-0.2, -0.15) is 0 Å². The smallest absolute Gasteiger partial charge is 0.182 e. The summed E-state index contributed by atoms with van der Waals surface area (Å²) in [4.78, 5) is 0.337. The lowest BCUT2D eigenvalue weighted by Crippen LogP contribution is -2.28. The van der Waals surface area contributed by atoms with E-state index in [2.05, 4.69) is 15.9 Å². The summed E-state index contributed by atoms with van der Waals surface area (Å²) in [5.41, 5.74) is 6.41. The largest absolute Gasteiger partial charge is 0.384 e. The highest BCUT2D eigenvalue weighted by molar-refractivity contribution is 9.10. The number of benzene rings is 2. The molecule has 1 fully saturated rings. The van der Waals surface area contributed by atoms with Gasteiger partial charge in [0.25, 0.3) is 0 Å². The fourth-order valence-corrected chi connectivity index (χ4v) is 6.35. The van der Waals surface area contributed by atoms with Crippen LogP contribution in [-0.4, -0.2) is 33.9 Å². The minimum absolute atomic E-state index is 0.166. The van der Waals surface area contributed by atoms with Crippen LogP contribution < -0.4 is 5.73 Å². The first kappa shape index (κ1) is 17.6. The van der Waals surface area contributed by atoms with Crippen molar-refractivity contribution < 1.29 is 13.2 Å². The molecule has 3 atom stereocenters. The first-order valence-electron chi connectivity index (χ1n) is 7.71. The molecule has 1 aliphatic rings. The van der Waals surface area contributed by atoms with Gasteiger partial charge in [-0.05, 0) is 29.8 Å². The van der Waals surface area contributed by atoms with Crippen molar-refractivity contribution in [2.24, 2.45) is 11.1 Å². The molecule has 0 heterocycles. The molecule has 0 amide bonds. The Labute approximate surface area is 151 Å². The summed E-state index contributed by atoms with van der Waals surface area (Å²) in [5.74, 6) is -0.166. The van der Waals surface area contributed by atoms with Gasteiger partial charge in [-0.15, -0.1) is 0 Å².